The van der Waals surface area contributed by atoms with E-state index in [4.69, 9.17) is 30.5 Å². The van der Waals surface area contributed by atoms with Crippen LogP contribution < -0.4 is 0 Å². The molecule has 0 saturated carbocycles. The largest absolute Gasteiger partial charge is 0.459 e. The smallest absolute Gasteiger partial charge is 0.338 e. The third-order valence-corrected chi connectivity index (χ3v) is 5.38. The van der Waals surface area contributed by atoms with Gasteiger partial charge in [0.05, 0.1) is 11.9 Å². The minimum absolute atomic E-state index is 0.0210. The highest BCUT2D eigenvalue weighted by atomic mass is 35.5. The molecule has 3 aromatic rings. The van der Waals surface area contributed by atoms with Gasteiger partial charge in [0.25, 0.3) is 0 Å². The molecule has 4 heterocycles. The van der Waals surface area contributed by atoms with Crippen molar-refractivity contribution in [1.82, 2.24) is 19.5 Å². The average Bonchev–Trinajstić information content (AvgIpc) is 3.38. The predicted octanol–water partition coefficient (Wildman–Crippen LogP) is 2.75. The molecule has 10 heteroatoms. The van der Waals surface area contributed by atoms with Gasteiger partial charge in [-0.3, -0.25) is 4.57 Å². The molecule has 0 unspecified atom stereocenters. The van der Waals surface area contributed by atoms with Crippen LogP contribution in [0.2, 0.25) is 5.15 Å². The summed E-state index contributed by atoms with van der Waals surface area (Å²) in [5.41, 5.74) is 1.46. The van der Waals surface area contributed by atoms with Gasteiger partial charge in [0.2, 0.25) is 0 Å². The molecule has 0 radical (unpaired) electrons. The minimum atomic E-state index is -0.804. The Hall–Kier alpha value is -2.59. The number of carbonyl (C=O) groups is 1. The van der Waals surface area contributed by atoms with E-state index in [-0.39, 0.29) is 11.8 Å². The molecule has 2 aliphatic heterocycles. The second kappa shape index (κ2) is 7.28. The third kappa shape index (κ3) is 3.33. The van der Waals surface area contributed by atoms with E-state index >= 15 is 0 Å². The van der Waals surface area contributed by atoms with Crippen LogP contribution >= 0.6 is 11.6 Å². The van der Waals surface area contributed by atoms with E-state index in [1.807, 2.05) is 19.9 Å². The molecular formula is C20H19ClN4O5. The van der Waals surface area contributed by atoms with Gasteiger partial charge >= 0.3 is 5.97 Å². The van der Waals surface area contributed by atoms with Gasteiger partial charge in [-0.2, -0.15) is 0 Å². The van der Waals surface area contributed by atoms with Gasteiger partial charge in [0, 0.05) is 0 Å². The lowest BCUT2D eigenvalue weighted by Gasteiger charge is -2.24. The Morgan fingerprint density at radius 3 is 2.73 bits per heavy atom. The van der Waals surface area contributed by atoms with Crippen molar-refractivity contribution in [2.75, 3.05) is 6.61 Å². The Bertz CT molecular complexity index is 1090. The van der Waals surface area contributed by atoms with Crippen molar-refractivity contribution in [3.8, 4) is 0 Å². The summed E-state index contributed by atoms with van der Waals surface area (Å²) in [6.07, 6.45) is 0.983. The number of hydrogen-bond donors (Lipinski definition) is 0. The van der Waals surface area contributed by atoms with Crippen LogP contribution in [-0.2, 0) is 18.9 Å². The third-order valence-electron chi connectivity index (χ3n) is 5.10. The van der Waals surface area contributed by atoms with Crippen molar-refractivity contribution in [1.29, 1.82) is 0 Å². The van der Waals surface area contributed by atoms with E-state index in [1.54, 1.807) is 35.2 Å². The van der Waals surface area contributed by atoms with E-state index in [0.717, 1.165) is 0 Å². The number of ether oxygens (including phenoxy) is 4. The summed E-state index contributed by atoms with van der Waals surface area (Å²) in [7, 11) is 0. The monoisotopic (exact) mass is 430 g/mol. The van der Waals surface area contributed by atoms with Crippen molar-refractivity contribution in [3.63, 3.8) is 0 Å². The Morgan fingerprint density at radius 2 is 1.93 bits per heavy atom. The molecule has 2 aromatic heterocycles. The minimum Gasteiger partial charge on any atom is -0.459 e. The van der Waals surface area contributed by atoms with E-state index in [9.17, 15) is 4.79 Å². The Balaban J connectivity index is 1.40. The maximum Gasteiger partial charge on any atom is 0.338 e. The zero-order chi connectivity index (χ0) is 20.9. The molecule has 0 aliphatic carbocycles. The van der Waals surface area contributed by atoms with Crippen LogP contribution in [0, 0.1) is 0 Å². The number of rotatable bonds is 4. The van der Waals surface area contributed by atoms with Crippen LogP contribution in [0.4, 0.5) is 0 Å². The molecule has 2 saturated heterocycles. The number of carbonyl (C=O) groups excluding carboxylic acids is 1. The molecule has 2 fully saturated rings. The molecular weight excluding hydrogens is 412 g/mol. The highest BCUT2D eigenvalue weighted by Gasteiger charge is 2.56. The number of aromatic nitrogens is 4. The molecule has 9 nitrogen and oxygen atoms in total. The van der Waals surface area contributed by atoms with Crippen molar-refractivity contribution < 1.29 is 23.7 Å². The Kier molecular flexibility index (Phi) is 4.70. The van der Waals surface area contributed by atoms with E-state index in [1.165, 1.54) is 6.33 Å². The number of hydrogen-bond acceptors (Lipinski definition) is 8. The molecule has 0 bridgehead atoms. The fourth-order valence-electron chi connectivity index (χ4n) is 3.84. The molecule has 4 atom stereocenters. The SMILES string of the molecule is CC1(C)O[C@@H]2[C@H](O1)[C@@H](COC(=O)c1ccccc1)O[C@H]2n1cnc2c(Cl)ncnc21. The van der Waals surface area contributed by atoms with E-state index < -0.39 is 36.3 Å². The molecule has 0 spiro atoms. The zero-order valence-electron chi connectivity index (χ0n) is 16.3. The standard InChI is InChI=1S/C20H19ClN4O5/c1-20(2)29-14-12(8-27-19(26)11-6-4-3-5-7-11)28-18(15(14)30-20)25-10-24-13-16(21)22-9-23-17(13)25/h3-7,9-10,12,14-15,18H,8H2,1-2H3/t12-,14-,15-,18-/m1/s1. The summed E-state index contributed by atoms with van der Waals surface area (Å²) < 4.78 is 25.6. The van der Waals surface area contributed by atoms with Gasteiger partial charge in [0.15, 0.2) is 22.8 Å². The highest BCUT2D eigenvalue weighted by Crippen LogP contribution is 2.44. The molecule has 30 heavy (non-hydrogen) atoms. The topological polar surface area (TPSA) is 97.6 Å². The van der Waals surface area contributed by atoms with Crippen LogP contribution in [0.25, 0.3) is 11.2 Å². The van der Waals surface area contributed by atoms with Crippen LogP contribution in [0.5, 0.6) is 0 Å². The summed E-state index contributed by atoms with van der Waals surface area (Å²) in [5, 5.41) is 0.255. The normalized spacial score (nSPS) is 27.3. The Labute approximate surface area is 176 Å². The number of fused-ring (bicyclic) bond motifs is 2. The zero-order valence-corrected chi connectivity index (χ0v) is 17.0. The van der Waals surface area contributed by atoms with Crippen LogP contribution in [-0.4, -0.2) is 56.2 Å². The second-order valence-corrected chi connectivity index (χ2v) is 7.94. The fourth-order valence-corrected chi connectivity index (χ4v) is 4.02. The molecule has 0 amide bonds. The van der Waals surface area contributed by atoms with Gasteiger partial charge in [-0.1, -0.05) is 29.8 Å². The van der Waals surface area contributed by atoms with Crippen molar-refractivity contribution in [2.45, 2.75) is 44.2 Å². The number of benzene rings is 1. The summed E-state index contributed by atoms with van der Waals surface area (Å²) in [6.45, 7) is 3.69. The molecule has 156 valence electrons. The Morgan fingerprint density at radius 1 is 1.17 bits per heavy atom. The van der Waals surface area contributed by atoms with Gasteiger partial charge in [0.1, 0.15) is 36.8 Å². The summed E-state index contributed by atoms with van der Waals surface area (Å²) in [6, 6.07) is 8.79. The van der Waals surface area contributed by atoms with Gasteiger partial charge in [-0.25, -0.2) is 19.7 Å². The molecule has 5 rings (SSSR count). The van der Waals surface area contributed by atoms with Crippen LogP contribution in [0.15, 0.2) is 43.0 Å². The van der Waals surface area contributed by atoms with Crippen LogP contribution in [0.1, 0.15) is 30.4 Å². The first-order chi connectivity index (χ1) is 14.4. The quantitative estimate of drug-likeness (QED) is 0.460. The van der Waals surface area contributed by atoms with E-state index in [0.29, 0.717) is 16.7 Å². The molecule has 0 N–H and O–H groups in total. The second-order valence-electron chi connectivity index (χ2n) is 7.58. The highest BCUT2D eigenvalue weighted by molar-refractivity contribution is 6.33. The molecule has 2 aliphatic rings. The number of nitrogens with zero attached hydrogens (tertiary/aromatic N) is 4. The van der Waals surface area contributed by atoms with Gasteiger partial charge in [-0.15, -0.1) is 0 Å². The van der Waals surface area contributed by atoms with Crippen molar-refractivity contribution in [2.24, 2.45) is 0 Å². The van der Waals surface area contributed by atoms with E-state index in [2.05, 4.69) is 15.0 Å². The fraction of sp³-hybridized carbons (Fsp3) is 0.400. The van der Waals surface area contributed by atoms with Gasteiger partial charge in [-0.05, 0) is 26.0 Å². The predicted molar refractivity (Wildman–Crippen MR) is 105 cm³/mol. The average molecular weight is 431 g/mol. The first-order valence-electron chi connectivity index (χ1n) is 9.49. The maximum absolute atomic E-state index is 12.3. The first-order valence-corrected chi connectivity index (χ1v) is 9.87. The summed E-state index contributed by atoms with van der Waals surface area (Å²) >= 11 is 6.12. The van der Waals surface area contributed by atoms with Crippen LogP contribution in [0.3, 0.4) is 0 Å². The van der Waals surface area contributed by atoms with Crippen molar-refractivity contribution in [3.05, 3.63) is 53.7 Å². The summed E-state index contributed by atoms with van der Waals surface area (Å²) in [5.74, 6) is -1.23. The number of esters is 1. The lowest BCUT2D eigenvalue weighted by Crippen LogP contribution is -2.33. The maximum atomic E-state index is 12.3. The first kappa shape index (κ1) is 19.4. The lowest BCUT2D eigenvalue weighted by atomic mass is 10.1. The number of imidazole rings is 1. The lowest BCUT2D eigenvalue weighted by molar-refractivity contribution is -0.199. The van der Waals surface area contributed by atoms with Crippen molar-refractivity contribution >= 4 is 28.7 Å². The summed E-state index contributed by atoms with van der Waals surface area (Å²) in [4.78, 5) is 24.9. The van der Waals surface area contributed by atoms with Gasteiger partial charge < -0.3 is 18.9 Å². The molecule has 1 aromatic carbocycles. The number of halogens is 1.